The highest BCUT2D eigenvalue weighted by Gasteiger charge is 2.18. The number of carbonyl (C=O) groups excluding carboxylic acids is 2. The van der Waals surface area contributed by atoms with E-state index < -0.39 is 23.4 Å². The number of anilines is 1. The summed E-state index contributed by atoms with van der Waals surface area (Å²) < 4.78 is 13.7. The SMILES string of the molecule is CC(=O)c1c[nH]c(C(=O)Nc2c(F)cccc2C(=O)O)c1. The van der Waals surface area contributed by atoms with Gasteiger partial charge in [0.05, 0.1) is 11.3 Å². The number of ketones is 1. The number of carboxylic acids is 1. The van der Waals surface area contributed by atoms with E-state index in [0.717, 1.165) is 6.07 Å². The molecule has 7 heteroatoms. The van der Waals surface area contributed by atoms with Gasteiger partial charge in [0.1, 0.15) is 11.5 Å². The first-order chi connectivity index (χ1) is 9.90. The molecule has 0 aliphatic carbocycles. The minimum Gasteiger partial charge on any atom is -0.478 e. The van der Waals surface area contributed by atoms with Gasteiger partial charge >= 0.3 is 5.97 Å². The van der Waals surface area contributed by atoms with Crippen LogP contribution in [0.1, 0.15) is 38.1 Å². The van der Waals surface area contributed by atoms with Gasteiger partial charge in [0, 0.05) is 11.8 Å². The molecule has 21 heavy (non-hydrogen) atoms. The van der Waals surface area contributed by atoms with Gasteiger partial charge in [0.2, 0.25) is 0 Å². The summed E-state index contributed by atoms with van der Waals surface area (Å²) in [5, 5.41) is 11.2. The van der Waals surface area contributed by atoms with Gasteiger partial charge in [0.15, 0.2) is 5.78 Å². The number of nitrogens with one attached hydrogen (secondary N) is 2. The fraction of sp³-hybridized carbons (Fsp3) is 0.0714. The van der Waals surface area contributed by atoms with Crippen molar-refractivity contribution in [2.75, 3.05) is 5.32 Å². The molecule has 0 atom stereocenters. The average Bonchev–Trinajstić information content (AvgIpc) is 2.90. The smallest absolute Gasteiger partial charge is 0.337 e. The molecule has 1 amide bonds. The second kappa shape index (κ2) is 5.58. The van der Waals surface area contributed by atoms with Gasteiger partial charge in [-0.15, -0.1) is 0 Å². The fourth-order valence-electron chi connectivity index (χ4n) is 1.74. The van der Waals surface area contributed by atoms with Gasteiger partial charge in [0.25, 0.3) is 5.91 Å². The van der Waals surface area contributed by atoms with Gasteiger partial charge in [-0.1, -0.05) is 6.07 Å². The Labute approximate surface area is 118 Å². The number of amides is 1. The summed E-state index contributed by atoms with van der Waals surface area (Å²) in [7, 11) is 0. The van der Waals surface area contributed by atoms with Crippen LogP contribution in [-0.2, 0) is 0 Å². The number of hydrogen-bond donors (Lipinski definition) is 3. The summed E-state index contributed by atoms with van der Waals surface area (Å²) in [5.74, 6) is -3.19. The molecule has 0 fully saturated rings. The third-order valence-electron chi connectivity index (χ3n) is 2.82. The summed E-state index contributed by atoms with van der Waals surface area (Å²) >= 11 is 0. The minimum absolute atomic E-state index is 0.0276. The zero-order valence-electron chi connectivity index (χ0n) is 10.9. The fourth-order valence-corrected chi connectivity index (χ4v) is 1.74. The third-order valence-corrected chi connectivity index (χ3v) is 2.82. The first-order valence-electron chi connectivity index (χ1n) is 5.92. The van der Waals surface area contributed by atoms with Crippen LogP contribution in [0.3, 0.4) is 0 Å². The number of halogens is 1. The van der Waals surface area contributed by atoms with E-state index in [4.69, 9.17) is 5.11 Å². The molecule has 0 bridgehead atoms. The molecule has 0 aliphatic rings. The number of H-pyrrole nitrogens is 1. The average molecular weight is 290 g/mol. The Bertz CT molecular complexity index is 736. The minimum atomic E-state index is -1.36. The second-order valence-electron chi connectivity index (χ2n) is 4.28. The molecule has 0 saturated carbocycles. The van der Waals surface area contributed by atoms with Crippen LogP contribution in [0.15, 0.2) is 30.5 Å². The van der Waals surface area contributed by atoms with Crippen LogP contribution < -0.4 is 5.32 Å². The largest absolute Gasteiger partial charge is 0.478 e. The Hall–Kier alpha value is -2.96. The van der Waals surface area contributed by atoms with Crippen LogP contribution in [0.2, 0.25) is 0 Å². The topological polar surface area (TPSA) is 99.3 Å². The van der Waals surface area contributed by atoms with Crippen LogP contribution >= 0.6 is 0 Å². The Morgan fingerprint density at radius 3 is 2.57 bits per heavy atom. The molecule has 1 heterocycles. The van der Waals surface area contributed by atoms with Crippen molar-refractivity contribution >= 4 is 23.3 Å². The van der Waals surface area contributed by atoms with E-state index in [1.165, 1.54) is 31.3 Å². The molecule has 0 unspecified atom stereocenters. The lowest BCUT2D eigenvalue weighted by Gasteiger charge is -2.08. The maximum absolute atomic E-state index is 13.7. The van der Waals surface area contributed by atoms with Crippen LogP contribution in [0.4, 0.5) is 10.1 Å². The van der Waals surface area contributed by atoms with Gasteiger partial charge in [-0.05, 0) is 25.1 Å². The Morgan fingerprint density at radius 2 is 2.00 bits per heavy atom. The number of benzene rings is 1. The number of carbonyl (C=O) groups is 3. The maximum atomic E-state index is 13.7. The van der Waals surface area contributed by atoms with Crippen molar-refractivity contribution in [2.24, 2.45) is 0 Å². The number of aromatic carboxylic acids is 1. The third kappa shape index (κ3) is 2.97. The van der Waals surface area contributed by atoms with Crippen molar-refractivity contribution in [3.63, 3.8) is 0 Å². The van der Waals surface area contributed by atoms with Crippen LogP contribution in [0.25, 0.3) is 0 Å². The van der Waals surface area contributed by atoms with Gasteiger partial charge in [-0.3, -0.25) is 9.59 Å². The molecule has 0 saturated heterocycles. The molecular weight excluding hydrogens is 279 g/mol. The van der Waals surface area contributed by atoms with E-state index in [9.17, 15) is 18.8 Å². The molecule has 1 aromatic heterocycles. The Kier molecular flexibility index (Phi) is 3.84. The molecule has 2 rings (SSSR count). The number of aromatic nitrogens is 1. The van der Waals surface area contributed by atoms with Crippen molar-refractivity contribution in [3.8, 4) is 0 Å². The van der Waals surface area contributed by atoms with Crippen molar-refractivity contribution in [3.05, 3.63) is 53.1 Å². The lowest BCUT2D eigenvalue weighted by molar-refractivity contribution is 0.0697. The molecule has 108 valence electrons. The highest BCUT2D eigenvalue weighted by molar-refractivity contribution is 6.08. The Morgan fingerprint density at radius 1 is 1.29 bits per heavy atom. The number of hydrogen-bond acceptors (Lipinski definition) is 3. The molecule has 2 aromatic rings. The van der Waals surface area contributed by atoms with Gasteiger partial charge in [-0.25, -0.2) is 9.18 Å². The second-order valence-corrected chi connectivity index (χ2v) is 4.28. The number of Topliss-reactive ketones (excluding diaryl/α,β-unsaturated/α-hetero) is 1. The predicted octanol–water partition coefficient (Wildman–Crippen LogP) is 2.31. The molecule has 3 N–H and O–H groups in total. The van der Waals surface area contributed by atoms with Crippen molar-refractivity contribution < 1.29 is 23.9 Å². The first-order valence-corrected chi connectivity index (χ1v) is 5.92. The Balaban J connectivity index is 2.31. The quantitative estimate of drug-likeness (QED) is 0.752. The van der Waals surface area contributed by atoms with Crippen LogP contribution in [-0.4, -0.2) is 27.8 Å². The van der Waals surface area contributed by atoms with Crippen LogP contribution in [0.5, 0.6) is 0 Å². The number of carboxylic acid groups (broad SMARTS) is 1. The van der Waals surface area contributed by atoms with Gasteiger partial charge < -0.3 is 15.4 Å². The van der Waals surface area contributed by atoms with Crippen molar-refractivity contribution in [2.45, 2.75) is 6.92 Å². The number of rotatable bonds is 4. The van der Waals surface area contributed by atoms with Crippen molar-refractivity contribution in [1.82, 2.24) is 4.98 Å². The summed E-state index contributed by atoms with van der Waals surface area (Å²) in [5.41, 5.74) is -0.456. The lowest BCUT2D eigenvalue weighted by Crippen LogP contribution is -2.16. The summed E-state index contributed by atoms with van der Waals surface area (Å²) in [6.45, 7) is 1.34. The zero-order valence-corrected chi connectivity index (χ0v) is 10.9. The maximum Gasteiger partial charge on any atom is 0.337 e. The predicted molar refractivity (Wildman–Crippen MR) is 72.1 cm³/mol. The summed E-state index contributed by atoms with van der Waals surface area (Å²) in [6, 6.07) is 4.75. The highest BCUT2D eigenvalue weighted by atomic mass is 19.1. The summed E-state index contributed by atoms with van der Waals surface area (Å²) in [4.78, 5) is 36.7. The summed E-state index contributed by atoms with van der Waals surface area (Å²) in [6.07, 6.45) is 1.34. The zero-order chi connectivity index (χ0) is 15.6. The lowest BCUT2D eigenvalue weighted by atomic mass is 10.1. The molecule has 0 aliphatic heterocycles. The molecule has 0 spiro atoms. The number of aromatic amines is 1. The van der Waals surface area contributed by atoms with E-state index in [1.54, 1.807) is 0 Å². The highest BCUT2D eigenvalue weighted by Crippen LogP contribution is 2.20. The van der Waals surface area contributed by atoms with Gasteiger partial charge in [-0.2, -0.15) is 0 Å². The normalized spacial score (nSPS) is 10.2. The van der Waals surface area contributed by atoms with E-state index in [2.05, 4.69) is 10.3 Å². The molecular formula is C14H11FN2O4. The van der Waals surface area contributed by atoms with E-state index >= 15 is 0 Å². The molecule has 1 aromatic carbocycles. The molecule has 0 radical (unpaired) electrons. The van der Waals surface area contributed by atoms with E-state index in [-0.39, 0.29) is 17.0 Å². The van der Waals surface area contributed by atoms with E-state index in [0.29, 0.717) is 5.56 Å². The van der Waals surface area contributed by atoms with E-state index in [1.807, 2.05) is 0 Å². The molecule has 6 nitrogen and oxygen atoms in total. The number of para-hydroxylation sites is 1. The first kappa shape index (κ1) is 14.4. The standard InChI is InChI=1S/C14H11FN2O4/c1-7(18)8-5-11(16-6-8)13(19)17-12-9(14(20)21)3-2-4-10(12)15/h2-6,16H,1H3,(H,17,19)(H,20,21). The van der Waals surface area contributed by atoms with Crippen molar-refractivity contribution in [1.29, 1.82) is 0 Å². The monoisotopic (exact) mass is 290 g/mol. The van der Waals surface area contributed by atoms with Crippen LogP contribution in [0, 0.1) is 5.82 Å².